The maximum atomic E-state index is 12.7. The molecule has 0 aromatic heterocycles. The molecule has 0 fully saturated rings. The van der Waals surface area contributed by atoms with E-state index in [4.69, 9.17) is 11.6 Å². The minimum atomic E-state index is -3.66. The maximum Gasteiger partial charge on any atom is 0.247 e. The number of hydrogen-bond acceptors (Lipinski definition) is 3. The van der Waals surface area contributed by atoms with Gasteiger partial charge in [0, 0.05) is 10.2 Å². The van der Waals surface area contributed by atoms with Crippen molar-refractivity contribution in [1.29, 1.82) is 0 Å². The first-order chi connectivity index (χ1) is 12.0. The minimum Gasteiger partial charge on any atom is -0.324 e. The van der Waals surface area contributed by atoms with Gasteiger partial charge in [-0.15, -0.1) is 0 Å². The normalized spacial score (nSPS) is 12.5. The van der Waals surface area contributed by atoms with E-state index in [1.54, 1.807) is 37.3 Å². The molecule has 0 spiro atoms. The fraction of sp³-hybridized carbons (Fsp3) is 0.278. The molecule has 0 aliphatic carbocycles. The molecular formula is C18H20BrClN2O3S. The van der Waals surface area contributed by atoms with Crippen LogP contribution in [0.25, 0.3) is 0 Å². The third kappa shape index (κ3) is 4.99. The van der Waals surface area contributed by atoms with E-state index in [9.17, 15) is 13.2 Å². The van der Waals surface area contributed by atoms with Gasteiger partial charge in [0.05, 0.1) is 17.0 Å². The number of halogens is 2. The van der Waals surface area contributed by atoms with Gasteiger partial charge >= 0.3 is 0 Å². The molecule has 140 valence electrons. The molecule has 0 saturated carbocycles. The molecule has 0 radical (unpaired) electrons. The molecule has 0 aliphatic rings. The first kappa shape index (κ1) is 20.7. The van der Waals surface area contributed by atoms with E-state index in [1.165, 1.54) is 0 Å². The summed E-state index contributed by atoms with van der Waals surface area (Å²) in [5.74, 6) is -0.451. The van der Waals surface area contributed by atoms with E-state index in [2.05, 4.69) is 21.2 Å². The smallest absolute Gasteiger partial charge is 0.247 e. The van der Waals surface area contributed by atoms with Gasteiger partial charge < -0.3 is 5.32 Å². The molecule has 2 aromatic carbocycles. The zero-order valence-electron chi connectivity index (χ0n) is 14.9. The van der Waals surface area contributed by atoms with Gasteiger partial charge in [-0.1, -0.05) is 17.7 Å². The molecule has 1 atom stereocenters. The fourth-order valence-electron chi connectivity index (χ4n) is 2.71. The molecule has 26 heavy (non-hydrogen) atoms. The Balaban J connectivity index is 2.35. The van der Waals surface area contributed by atoms with Gasteiger partial charge in [-0.05, 0) is 78.2 Å². The van der Waals surface area contributed by atoms with Gasteiger partial charge in [0.25, 0.3) is 0 Å². The molecule has 2 rings (SSSR count). The van der Waals surface area contributed by atoms with Crippen LogP contribution in [0.3, 0.4) is 0 Å². The zero-order valence-corrected chi connectivity index (χ0v) is 18.0. The first-order valence-corrected chi connectivity index (χ1v) is 10.8. The lowest BCUT2D eigenvalue weighted by Gasteiger charge is -2.28. The van der Waals surface area contributed by atoms with Crippen LogP contribution >= 0.6 is 27.5 Å². The van der Waals surface area contributed by atoms with Crippen LogP contribution < -0.4 is 9.62 Å². The fourth-order valence-corrected chi connectivity index (χ4v) is 4.29. The Bertz CT molecular complexity index is 927. The van der Waals surface area contributed by atoms with Crippen LogP contribution in [0.5, 0.6) is 0 Å². The summed E-state index contributed by atoms with van der Waals surface area (Å²) in [7, 11) is -3.66. The minimum absolute atomic E-state index is 0.449. The van der Waals surface area contributed by atoms with Crippen molar-refractivity contribution in [2.24, 2.45) is 0 Å². The van der Waals surface area contributed by atoms with Gasteiger partial charge in [0.2, 0.25) is 15.9 Å². The van der Waals surface area contributed by atoms with E-state index < -0.39 is 22.0 Å². The molecule has 0 heterocycles. The Labute approximate surface area is 167 Å². The summed E-state index contributed by atoms with van der Waals surface area (Å²) in [4.78, 5) is 12.7. The predicted octanol–water partition coefficient (Wildman–Crippen LogP) is 4.51. The van der Waals surface area contributed by atoms with Crippen molar-refractivity contribution in [2.75, 3.05) is 15.9 Å². The topological polar surface area (TPSA) is 66.5 Å². The van der Waals surface area contributed by atoms with Crippen LogP contribution in [0.1, 0.15) is 18.1 Å². The van der Waals surface area contributed by atoms with E-state index in [0.717, 1.165) is 21.7 Å². The summed E-state index contributed by atoms with van der Waals surface area (Å²) in [6.45, 7) is 5.31. The number of anilines is 2. The number of nitrogens with zero attached hydrogens (tertiary/aromatic N) is 1. The molecule has 0 saturated heterocycles. The van der Waals surface area contributed by atoms with Crippen LogP contribution in [0.2, 0.25) is 5.02 Å². The molecule has 0 aliphatic heterocycles. The zero-order chi connectivity index (χ0) is 19.6. The third-order valence-corrected chi connectivity index (χ3v) is 6.21. The summed E-state index contributed by atoms with van der Waals surface area (Å²) in [6, 6.07) is 9.48. The Morgan fingerprint density at radius 2 is 1.73 bits per heavy atom. The summed E-state index contributed by atoms with van der Waals surface area (Å²) < 4.78 is 26.6. The second-order valence-corrected chi connectivity index (χ2v) is 9.32. The van der Waals surface area contributed by atoms with Crippen LogP contribution in [0.4, 0.5) is 11.4 Å². The quantitative estimate of drug-likeness (QED) is 0.715. The number of carbonyl (C=O) groups excluding carboxylic acids is 1. The van der Waals surface area contributed by atoms with E-state index >= 15 is 0 Å². The van der Waals surface area contributed by atoms with Gasteiger partial charge in [-0.25, -0.2) is 8.42 Å². The van der Waals surface area contributed by atoms with Crippen molar-refractivity contribution in [3.63, 3.8) is 0 Å². The van der Waals surface area contributed by atoms with E-state index in [1.807, 2.05) is 19.9 Å². The lowest BCUT2D eigenvalue weighted by molar-refractivity contribution is -0.116. The highest BCUT2D eigenvalue weighted by atomic mass is 79.9. The summed E-state index contributed by atoms with van der Waals surface area (Å²) in [6.07, 6.45) is 1.09. The largest absolute Gasteiger partial charge is 0.324 e. The Kier molecular flexibility index (Phi) is 6.37. The second-order valence-electron chi connectivity index (χ2n) is 6.20. The van der Waals surface area contributed by atoms with Gasteiger partial charge in [-0.3, -0.25) is 9.10 Å². The molecule has 2 aromatic rings. The van der Waals surface area contributed by atoms with Crippen LogP contribution in [-0.2, 0) is 14.8 Å². The number of carbonyl (C=O) groups is 1. The van der Waals surface area contributed by atoms with Crippen molar-refractivity contribution in [3.8, 4) is 0 Å². The Morgan fingerprint density at radius 1 is 1.15 bits per heavy atom. The molecule has 8 heteroatoms. The van der Waals surface area contributed by atoms with Gasteiger partial charge in [-0.2, -0.15) is 0 Å². The van der Waals surface area contributed by atoms with E-state index in [-0.39, 0.29) is 0 Å². The summed E-state index contributed by atoms with van der Waals surface area (Å²) in [5, 5.41) is 3.16. The number of benzene rings is 2. The van der Waals surface area contributed by atoms with Gasteiger partial charge in [0.15, 0.2) is 0 Å². The maximum absolute atomic E-state index is 12.7. The SMILES string of the molecule is Cc1cc(C)cc(N([C@@H](C)C(=O)Nc2ccc(Br)c(Cl)c2)S(C)(=O)=O)c1. The number of hydrogen-bond donors (Lipinski definition) is 1. The second kappa shape index (κ2) is 7.98. The average molecular weight is 460 g/mol. The van der Waals surface area contributed by atoms with Crippen LogP contribution in [-0.4, -0.2) is 26.6 Å². The molecule has 1 N–H and O–H groups in total. The van der Waals surface area contributed by atoms with Crippen LogP contribution in [0.15, 0.2) is 40.9 Å². The summed E-state index contributed by atoms with van der Waals surface area (Å²) >= 11 is 9.32. The molecular weight excluding hydrogens is 440 g/mol. The van der Waals surface area contributed by atoms with Crippen LogP contribution in [0, 0.1) is 13.8 Å². The lowest BCUT2D eigenvalue weighted by Crippen LogP contribution is -2.45. The number of aryl methyl sites for hydroxylation is 2. The Morgan fingerprint density at radius 3 is 2.23 bits per heavy atom. The number of nitrogens with one attached hydrogen (secondary N) is 1. The third-order valence-electron chi connectivity index (χ3n) is 3.74. The first-order valence-electron chi connectivity index (χ1n) is 7.82. The Hall–Kier alpha value is -1.57. The lowest BCUT2D eigenvalue weighted by atomic mass is 10.1. The molecule has 5 nitrogen and oxygen atoms in total. The van der Waals surface area contributed by atoms with Crippen molar-refractivity contribution in [2.45, 2.75) is 26.8 Å². The molecule has 0 bridgehead atoms. The number of sulfonamides is 1. The van der Waals surface area contributed by atoms with Crippen molar-refractivity contribution >= 4 is 54.8 Å². The van der Waals surface area contributed by atoms with Crippen molar-refractivity contribution in [3.05, 3.63) is 57.0 Å². The van der Waals surface area contributed by atoms with Crippen molar-refractivity contribution in [1.82, 2.24) is 0 Å². The average Bonchev–Trinajstić information content (AvgIpc) is 2.48. The standard InChI is InChI=1S/C18H20BrClN2O3S/c1-11-7-12(2)9-15(8-11)22(26(4,24)25)13(3)18(23)21-14-5-6-16(19)17(20)10-14/h5-10,13H,1-4H3,(H,21,23)/t13-/m0/s1. The number of amides is 1. The van der Waals surface area contributed by atoms with Crippen molar-refractivity contribution < 1.29 is 13.2 Å². The highest BCUT2D eigenvalue weighted by Gasteiger charge is 2.29. The highest BCUT2D eigenvalue weighted by Crippen LogP contribution is 2.27. The molecule has 1 amide bonds. The number of rotatable bonds is 5. The monoisotopic (exact) mass is 458 g/mol. The predicted molar refractivity (Wildman–Crippen MR) is 110 cm³/mol. The summed E-state index contributed by atoms with van der Waals surface area (Å²) in [5.41, 5.74) is 2.78. The van der Waals surface area contributed by atoms with Gasteiger partial charge in [0.1, 0.15) is 6.04 Å². The highest BCUT2D eigenvalue weighted by molar-refractivity contribution is 9.10. The molecule has 0 unspecified atom stereocenters. The van der Waals surface area contributed by atoms with E-state index in [0.29, 0.717) is 20.9 Å².